The predicted octanol–water partition coefficient (Wildman–Crippen LogP) is 3.55. The summed E-state index contributed by atoms with van der Waals surface area (Å²) in [6.45, 7) is 10.2. The summed E-state index contributed by atoms with van der Waals surface area (Å²) in [5, 5.41) is 11.8. The Kier molecular flexibility index (Phi) is 7.27. The van der Waals surface area contributed by atoms with Crippen molar-refractivity contribution in [1.82, 2.24) is 5.32 Å². The van der Waals surface area contributed by atoms with Crippen molar-refractivity contribution in [1.29, 1.82) is 0 Å². The van der Waals surface area contributed by atoms with Crippen LogP contribution in [-0.4, -0.2) is 23.0 Å². The van der Waals surface area contributed by atoms with Crippen LogP contribution in [0.4, 0.5) is 0 Å². The number of aliphatic carboxylic acids is 1. The molecule has 1 aromatic carbocycles. The molecule has 0 aliphatic heterocycles. The van der Waals surface area contributed by atoms with Gasteiger partial charge in [-0.2, -0.15) is 0 Å². The maximum atomic E-state index is 12.0. The molecule has 4 nitrogen and oxygen atoms in total. The molecule has 23 heavy (non-hydrogen) atoms. The molecule has 0 aliphatic rings. The minimum absolute atomic E-state index is 0.180. The Bertz CT molecular complexity index is 541. The maximum Gasteiger partial charge on any atom is 0.326 e. The fourth-order valence-corrected chi connectivity index (χ4v) is 2.99. The number of hydrogen-bond donors (Lipinski definition) is 2. The molecule has 2 N–H and O–H groups in total. The van der Waals surface area contributed by atoms with Crippen molar-refractivity contribution in [3.8, 4) is 0 Å². The topological polar surface area (TPSA) is 66.4 Å². The Balaban J connectivity index is 2.52. The van der Waals surface area contributed by atoms with E-state index in [0.29, 0.717) is 12.8 Å². The van der Waals surface area contributed by atoms with E-state index >= 15 is 0 Å². The van der Waals surface area contributed by atoms with Crippen LogP contribution in [0.25, 0.3) is 0 Å². The Morgan fingerprint density at radius 3 is 2.17 bits per heavy atom. The number of hydrogen-bond acceptors (Lipinski definition) is 2. The molecule has 1 unspecified atom stereocenters. The highest BCUT2D eigenvalue weighted by molar-refractivity contribution is 5.83. The van der Waals surface area contributed by atoms with Crippen molar-refractivity contribution in [2.24, 2.45) is 5.92 Å². The molecule has 0 aromatic heterocycles. The van der Waals surface area contributed by atoms with E-state index in [1.54, 1.807) is 0 Å². The molecule has 128 valence electrons. The van der Waals surface area contributed by atoms with Gasteiger partial charge in [0, 0.05) is 6.42 Å². The van der Waals surface area contributed by atoms with Gasteiger partial charge in [-0.3, -0.25) is 4.79 Å². The molecule has 0 spiro atoms. The number of carbonyl (C=O) groups excluding carboxylic acids is 1. The van der Waals surface area contributed by atoms with E-state index in [9.17, 15) is 9.59 Å². The minimum Gasteiger partial charge on any atom is -0.480 e. The van der Waals surface area contributed by atoms with Crippen LogP contribution >= 0.6 is 0 Å². The van der Waals surface area contributed by atoms with E-state index in [2.05, 4.69) is 38.2 Å². The van der Waals surface area contributed by atoms with Gasteiger partial charge in [-0.1, -0.05) is 31.5 Å². The largest absolute Gasteiger partial charge is 0.480 e. The second-order valence-electron chi connectivity index (χ2n) is 6.82. The first-order valence-corrected chi connectivity index (χ1v) is 8.29. The van der Waals surface area contributed by atoms with Gasteiger partial charge < -0.3 is 10.4 Å². The molecule has 0 aliphatic carbocycles. The monoisotopic (exact) mass is 319 g/mol. The molecule has 0 saturated carbocycles. The first kappa shape index (κ1) is 19.2. The predicted molar refractivity (Wildman–Crippen MR) is 92.6 cm³/mol. The lowest BCUT2D eigenvalue weighted by Gasteiger charge is -2.16. The van der Waals surface area contributed by atoms with Gasteiger partial charge in [-0.25, -0.2) is 4.79 Å². The molecule has 0 radical (unpaired) electrons. The Morgan fingerprint density at radius 1 is 1.13 bits per heavy atom. The summed E-state index contributed by atoms with van der Waals surface area (Å²) in [5.74, 6) is -0.910. The lowest BCUT2D eigenvalue weighted by Crippen LogP contribution is -2.41. The average molecular weight is 319 g/mol. The Morgan fingerprint density at radius 2 is 1.70 bits per heavy atom. The summed E-state index contributed by atoms with van der Waals surface area (Å²) in [7, 11) is 0. The average Bonchev–Trinajstić information content (AvgIpc) is 2.40. The second-order valence-corrected chi connectivity index (χ2v) is 6.82. The summed E-state index contributed by atoms with van der Waals surface area (Å²) < 4.78 is 0. The number of carboxylic acids is 1. The fourth-order valence-electron chi connectivity index (χ4n) is 2.99. The smallest absolute Gasteiger partial charge is 0.326 e. The summed E-state index contributed by atoms with van der Waals surface area (Å²) in [6, 6.07) is 3.53. The van der Waals surface area contributed by atoms with Gasteiger partial charge in [-0.15, -0.1) is 0 Å². The van der Waals surface area contributed by atoms with E-state index in [4.69, 9.17) is 5.11 Å². The molecule has 0 bridgehead atoms. The number of rotatable bonds is 8. The lowest BCUT2D eigenvalue weighted by atomic mass is 9.95. The summed E-state index contributed by atoms with van der Waals surface area (Å²) in [6.07, 6.45) is 2.38. The molecule has 4 heteroatoms. The van der Waals surface area contributed by atoms with Crippen molar-refractivity contribution in [2.45, 2.75) is 66.3 Å². The zero-order chi connectivity index (χ0) is 17.6. The minimum atomic E-state index is -0.961. The third-order valence-electron chi connectivity index (χ3n) is 4.01. The van der Waals surface area contributed by atoms with Crippen LogP contribution in [0.1, 0.15) is 55.4 Å². The third kappa shape index (κ3) is 6.43. The van der Waals surface area contributed by atoms with Crippen molar-refractivity contribution in [3.63, 3.8) is 0 Å². The first-order valence-electron chi connectivity index (χ1n) is 8.29. The molecule has 0 heterocycles. The highest BCUT2D eigenvalue weighted by atomic mass is 16.4. The van der Waals surface area contributed by atoms with Crippen molar-refractivity contribution >= 4 is 11.9 Å². The van der Waals surface area contributed by atoms with E-state index in [1.807, 2.05) is 13.8 Å². The number of amides is 1. The van der Waals surface area contributed by atoms with Crippen LogP contribution in [0.3, 0.4) is 0 Å². The molecule has 1 rings (SSSR count). The van der Waals surface area contributed by atoms with Gasteiger partial charge in [-0.05, 0) is 62.6 Å². The standard InChI is InChI=1S/C19H29NO3/c1-12(2)9-17(19(22)23)20-18(21)8-6-7-16-14(4)10-13(3)11-15(16)5/h10-12,17H,6-9H2,1-5H3,(H,20,21)(H,22,23). The lowest BCUT2D eigenvalue weighted by molar-refractivity contribution is -0.142. The molecular formula is C19H29NO3. The number of benzene rings is 1. The zero-order valence-corrected chi connectivity index (χ0v) is 14.9. The molecule has 1 atom stereocenters. The molecular weight excluding hydrogens is 290 g/mol. The normalized spacial score (nSPS) is 12.3. The van der Waals surface area contributed by atoms with E-state index in [-0.39, 0.29) is 11.8 Å². The highest BCUT2D eigenvalue weighted by Gasteiger charge is 2.20. The van der Waals surface area contributed by atoms with Crippen LogP contribution in [0, 0.1) is 26.7 Å². The van der Waals surface area contributed by atoms with Crippen LogP contribution in [0.5, 0.6) is 0 Å². The van der Waals surface area contributed by atoms with Gasteiger partial charge in [0.1, 0.15) is 6.04 Å². The van der Waals surface area contributed by atoms with Gasteiger partial charge in [0.25, 0.3) is 0 Å². The van der Waals surface area contributed by atoms with Crippen LogP contribution in [0.15, 0.2) is 12.1 Å². The van der Waals surface area contributed by atoms with E-state index < -0.39 is 12.0 Å². The Hall–Kier alpha value is -1.84. The van der Waals surface area contributed by atoms with E-state index in [1.165, 1.54) is 22.3 Å². The van der Waals surface area contributed by atoms with Crippen LogP contribution in [-0.2, 0) is 16.0 Å². The van der Waals surface area contributed by atoms with Crippen molar-refractivity contribution in [2.75, 3.05) is 0 Å². The van der Waals surface area contributed by atoms with E-state index in [0.717, 1.165) is 12.8 Å². The van der Waals surface area contributed by atoms with Gasteiger partial charge >= 0.3 is 5.97 Å². The SMILES string of the molecule is Cc1cc(C)c(CCCC(=O)NC(CC(C)C)C(=O)O)c(C)c1. The van der Waals surface area contributed by atoms with Gasteiger partial charge in [0.2, 0.25) is 5.91 Å². The second kappa shape index (κ2) is 8.70. The quantitative estimate of drug-likeness (QED) is 0.770. The van der Waals surface area contributed by atoms with Gasteiger partial charge in [0.05, 0.1) is 0 Å². The molecule has 0 saturated heterocycles. The maximum absolute atomic E-state index is 12.0. The Labute approximate surface area is 139 Å². The molecule has 1 amide bonds. The number of aryl methyl sites for hydroxylation is 3. The molecule has 1 aromatic rings. The summed E-state index contributed by atoms with van der Waals surface area (Å²) in [5.41, 5.74) is 5.05. The number of nitrogens with one attached hydrogen (secondary N) is 1. The number of carbonyl (C=O) groups is 2. The first-order chi connectivity index (χ1) is 10.7. The summed E-state index contributed by atoms with van der Waals surface area (Å²) in [4.78, 5) is 23.2. The molecule has 0 fully saturated rings. The van der Waals surface area contributed by atoms with Crippen LogP contribution < -0.4 is 5.32 Å². The highest BCUT2D eigenvalue weighted by Crippen LogP contribution is 2.18. The van der Waals surface area contributed by atoms with Crippen molar-refractivity contribution in [3.05, 3.63) is 34.4 Å². The number of carboxylic acid groups (broad SMARTS) is 1. The van der Waals surface area contributed by atoms with Crippen LogP contribution in [0.2, 0.25) is 0 Å². The van der Waals surface area contributed by atoms with Gasteiger partial charge in [0.15, 0.2) is 0 Å². The zero-order valence-electron chi connectivity index (χ0n) is 14.9. The summed E-state index contributed by atoms with van der Waals surface area (Å²) >= 11 is 0. The van der Waals surface area contributed by atoms with Crippen molar-refractivity contribution < 1.29 is 14.7 Å². The fraction of sp³-hybridized carbons (Fsp3) is 0.579. The third-order valence-corrected chi connectivity index (χ3v) is 4.01.